The lowest BCUT2D eigenvalue weighted by Crippen LogP contribution is -2.20. The number of ether oxygens (including phenoxy) is 3. The molecule has 0 atom stereocenters. The van der Waals surface area contributed by atoms with Crippen LogP contribution in [0.2, 0.25) is 0 Å². The van der Waals surface area contributed by atoms with E-state index in [2.05, 4.69) is 14.5 Å². The van der Waals surface area contributed by atoms with Crippen molar-refractivity contribution in [2.75, 3.05) is 6.61 Å². The molecule has 0 radical (unpaired) electrons. The standard InChI is InChI=1S/C24H15F7N2O4/c25-22(26)36-15-5-1-13(2-6-15)17-11-33-10-9-18(35-12-24(29,30)31)32-21(33)19(20(17)34)14-3-7-16(8-4-14)37-23(27)28/h1-11,22-23H,12H2. The number of hydrogen-bond acceptors (Lipinski definition) is 5. The summed E-state index contributed by atoms with van der Waals surface area (Å²) in [5.41, 5.74) is -0.165. The monoisotopic (exact) mass is 528 g/mol. The van der Waals surface area contributed by atoms with E-state index in [0.717, 1.165) is 6.07 Å². The van der Waals surface area contributed by atoms with Gasteiger partial charge in [-0.3, -0.25) is 4.79 Å². The van der Waals surface area contributed by atoms with Crippen LogP contribution in [0.15, 0.2) is 71.8 Å². The Morgan fingerprint density at radius 1 is 0.811 bits per heavy atom. The average Bonchev–Trinajstić information content (AvgIpc) is 2.82. The fraction of sp³-hybridized carbons (Fsp3) is 0.167. The molecule has 0 aliphatic carbocycles. The van der Waals surface area contributed by atoms with Crippen molar-refractivity contribution in [1.29, 1.82) is 0 Å². The highest BCUT2D eigenvalue weighted by molar-refractivity contribution is 5.82. The molecule has 0 spiro atoms. The van der Waals surface area contributed by atoms with Crippen LogP contribution in [0.5, 0.6) is 17.4 Å². The van der Waals surface area contributed by atoms with Gasteiger partial charge in [0.05, 0.1) is 5.56 Å². The molecule has 0 fully saturated rings. The number of pyridine rings is 1. The van der Waals surface area contributed by atoms with Gasteiger partial charge in [-0.05, 0) is 35.4 Å². The highest BCUT2D eigenvalue weighted by atomic mass is 19.4. The van der Waals surface area contributed by atoms with Gasteiger partial charge in [-0.15, -0.1) is 0 Å². The van der Waals surface area contributed by atoms with Crippen LogP contribution < -0.4 is 19.6 Å². The minimum Gasteiger partial charge on any atom is -0.468 e. The highest BCUT2D eigenvalue weighted by Crippen LogP contribution is 2.29. The Morgan fingerprint density at radius 3 is 1.86 bits per heavy atom. The molecular weight excluding hydrogens is 513 g/mol. The minimum absolute atomic E-state index is 0.0754. The summed E-state index contributed by atoms with van der Waals surface area (Å²) in [6.07, 6.45) is -1.94. The third kappa shape index (κ3) is 6.29. The third-order valence-electron chi connectivity index (χ3n) is 4.94. The molecule has 194 valence electrons. The lowest BCUT2D eigenvalue weighted by Gasteiger charge is -2.14. The van der Waals surface area contributed by atoms with E-state index in [4.69, 9.17) is 4.74 Å². The van der Waals surface area contributed by atoms with Gasteiger partial charge in [-0.1, -0.05) is 24.3 Å². The molecule has 4 rings (SSSR count). The van der Waals surface area contributed by atoms with E-state index in [1.54, 1.807) is 0 Å². The Balaban J connectivity index is 1.85. The maximum Gasteiger partial charge on any atom is 0.422 e. The normalized spacial score (nSPS) is 11.8. The summed E-state index contributed by atoms with van der Waals surface area (Å²) in [6, 6.07) is 11.4. The van der Waals surface area contributed by atoms with Crippen molar-refractivity contribution in [3.05, 3.63) is 77.2 Å². The topological polar surface area (TPSA) is 62.1 Å². The van der Waals surface area contributed by atoms with Crippen molar-refractivity contribution >= 4 is 5.65 Å². The average molecular weight is 528 g/mol. The molecule has 2 aromatic heterocycles. The number of fused-ring (bicyclic) bond motifs is 1. The van der Waals surface area contributed by atoms with E-state index in [-0.39, 0.29) is 33.8 Å². The van der Waals surface area contributed by atoms with Crippen molar-refractivity contribution < 1.29 is 44.9 Å². The van der Waals surface area contributed by atoms with Crippen molar-refractivity contribution in [2.45, 2.75) is 19.4 Å². The first-order valence-corrected chi connectivity index (χ1v) is 10.4. The van der Waals surface area contributed by atoms with Crippen molar-refractivity contribution in [3.8, 4) is 39.6 Å². The summed E-state index contributed by atoms with van der Waals surface area (Å²) in [4.78, 5) is 17.6. The Morgan fingerprint density at radius 2 is 1.35 bits per heavy atom. The minimum atomic E-state index is -4.62. The van der Waals surface area contributed by atoms with E-state index >= 15 is 0 Å². The van der Waals surface area contributed by atoms with Crippen LogP contribution in [-0.4, -0.2) is 35.4 Å². The number of halogens is 7. The van der Waals surface area contributed by atoms with E-state index in [1.807, 2.05) is 0 Å². The molecular formula is C24H15F7N2O4. The third-order valence-corrected chi connectivity index (χ3v) is 4.94. The molecule has 0 aliphatic rings. The van der Waals surface area contributed by atoms with Gasteiger partial charge in [0.15, 0.2) is 17.7 Å². The molecule has 13 heteroatoms. The largest absolute Gasteiger partial charge is 0.468 e. The molecule has 0 saturated heterocycles. The number of aromatic nitrogens is 2. The lowest BCUT2D eigenvalue weighted by molar-refractivity contribution is -0.154. The van der Waals surface area contributed by atoms with Crippen LogP contribution in [0.25, 0.3) is 27.9 Å². The fourth-order valence-corrected chi connectivity index (χ4v) is 3.46. The second-order valence-corrected chi connectivity index (χ2v) is 7.45. The van der Waals surface area contributed by atoms with Crippen LogP contribution in [-0.2, 0) is 0 Å². The molecule has 4 aromatic rings. The molecule has 0 aliphatic heterocycles. The second kappa shape index (κ2) is 10.4. The van der Waals surface area contributed by atoms with Crippen LogP contribution in [0, 0.1) is 0 Å². The van der Waals surface area contributed by atoms with Crippen molar-refractivity contribution in [2.24, 2.45) is 0 Å². The number of alkyl halides is 7. The number of rotatable bonds is 8. The zero-order valence-corrected chi connectivity index (χ0v) is 18.4. The quantitative estimate of drug-likeness (QED) is 0.256. The van der Waals surface area contributed by atoms with E-state index in [9.17, 15) is 35.5 Å². The van der Waals surface area contributed by atoms with Crippen molar-refractivity contribution in [3.63, 3.8) is 0 Å². The molecule has 0 bridgehead atoms. The highest BCUT2D eigenvalue weighted by Gasteiger charge is 2.29. The number of benzene rings is 2. The zero-order valence-electron chi connectivity index (χ0n) is 18.4. The molecule has 0 N–H and O–H groups in total. The molecule has 6 nitrogen and oxygen atoms in total. The first-order valence-electron chi connectivity index (χ1n) is 10.4. The summed E-state index contributed by atoms with van der Waals surface area (Å²) in [6.45, 7) is -7.73. The first-order chi connectivity index (χ1) is 17.5. The Hall–Kier alpha value is -4.29. The maximum absolute atomic E-state index is 13.6. The number of nitrogens with zero attached hydrogens (tertiary/aromatic N) is 2. The SMILES string of the molecule is O=c1c(-c2ccc(OC(F)F)cc2)cn2ccc(OCC(F)(F)F)nc2c1-c1ccc(OC(F)F)cc1. The molecule has 0 saturated carbocycles. The van der Waals surface area contributed by atoms with Crippen LogP contribution >= 0.6 is 0 Å². The number of hydrogen-bond donors (Lipinski definition) is 0. The summed E-state index contributed by atoms with van der Waals surface area (Å²) in [5.74, 6) is -0.726. The second-order valence-electron chi connectivity index (χ2n) is 7.45. The molecule has 0 amide bonds. The smallest absolute Gasteiger partial charge is 0.422 e. The van der Waals surface area contributed by atoms with Crippen molar-refractivity contribution in [1.82, 2.24) is 9.38 Å². The van der Waals surface area contributed by atoms with E-state index in [0.29, 0.717) is 5.56 Å². The summed E-state index contributed by atoms with van der Waals surface area (Å²) in [5, 5.41) is 0. The van der Waals surface area contributed by atoms with Gasteiger partial charge >= 0.3 is 19.4 Å². The van der Waals surface area contributed by atoms with Gasteiger partial charge in [0.25, 0.3) is 0 Å². The first kappa shape index (κ1) is 25.8. The molecule has 2 aromatic carbocycles. The lowest BCUT2D eigenvalue weighted by atomic mass is 10.00. The summed E-state index contributed by atoms with van der Waals surface area (Å²) < 4.78 is 102. The Bertz CT molecular complexity index is 1440. The molecule has 2 heterocycles. The fourth-order valence-electron chi connectivity index (χ4n) is 3.46. The van der Waals surface area contributed by atoms with Crippen LogP contribution in [0.3, 0.4) is 0 Å². The van der Waals surface area contributed by atoms with E-state index in [1.165, 1.54) is 65.3 Å². The van der Waals surface area contributed by atoms with Gasteiger partial charge in [-0.2, -0.15) is 35.7 Å². The molecule has 37 heavy (non-hydrogen) atoms. The zero-order chi connectivity index (χ0) is 26.7. The predicted molar refractivity (Wildman–Crippen MR) is 117 cm³/mol. The Kier molecular flexibility index (Phi) is 7.23. The summed E-state index contributed by atoms with van der Waals surface area (Å²) >= 11 is 0. The van der Waals surface area contributed by atoms with Crippen LogP contribution in [0.1, 0.15) is 0 Å². The maximum atomic E-state index is 13.6. The Labute approximate surface area is 203 Å². The van der Waals surface area contributed by atoms with E-state index < -0.39 is 37.3 Å². The summed E-state index contributed by atoms with van der Waals surface area (Å²) in [7, 11) is 0. The van der Waals surface area contributed by atoms with Gasteiger partial charge < -0.3 is 18.6 Å². The molecule has 0 unspecified atom stereocenters. The van der Waals surface area contributed by atoms with Gasteiger partial charge in [-0.25, -0.2) is 0 Å². The van der Waals surface area contributed by atoms with Gasteiger partial charge in [0, 0.05) is 24.0 Å². The predicted octanol–water partition coefficient (Wildman–Crippen LogP) is 6.17. The van der Waals surface area contributed by atoms with Crippen LogP contribution in [0.4, 0.5) is 30.7 Å². The van der Waals surface area contributed by atoms with Gasteiger partial charge in [0.2, 0.25) is 5.88 Å². The van der Waals surface area contributed by atoms with Gasteiger partial charge in [0.1, 0.15) is 11.5 Å².